The van der Waals surface area contributed by atoms with Crippen molar-refractivity contribution >= 4 is 60.8 Å². The molecule has 3 aliphatic rings. The second-order valence-corrected chi connectivity index (χ2v) is 17.5. The van der Waals surface area contributed by atoms with Crippen LogP contribution in [0, 0.1) is 0 Å². The van der Waals surface area contributed by atoms with Gasteiger partial charge >= 0.3 is 0 Å². The van der Waals surface area contributed by atoms with Crippen molar-refractivity contribution in [3.8, 4) is 50.9 Å². The van der Waals surface area contributed by atoms with Crippen LogP contribution in [0.5, 0.6) is 23.0 Å². The van der Waals surface area contributed by atoms with Crippen LogP contribution in [0.3, 0.4) is 0 Å². The summed E-state index contributed by atoms with van der Waals surface area (Å²) in [7, 11) is 0. The topological polar surface area (TPSA) is 39.8 Å². The van der Waals surface area contributed by atoms with Crippen LogP contribution < -0.4 is 14.4 Å². The van der Waals surface area contributed by atoms with Crippen LogP contribution in [0.4, 0.5) is 17.1 Å². The van der Waals surface area contributed by atoms with E-state index in [2.05, 4.69) is 210 Å². The Balaban J connectivity index is 0.952. The minimum Gasteiger partial charge on any atom is -0.456 e. The lowest BCUT2D eigenvalue weighted by molar-refractivity contribution is 0.361. The van der Waals surface area contributed by atoms with Crippen LogP contribution in [-0.4, -0.2) is 4.57 Å². The van der Waals surface area contributed by atoms with Crippen LogP contribution in [0.2, 0.25) is 0 Å². The van der Waals surface area contributed by atoms with Gasteiger partial charge in [-0.2, -0.15) is 0 Å². The third-order valence-electron chi connectivity index (χ3n) is 14.2. The number of hydrogen-bond donors (Lipinski definition) is 0. The molecule has 0 saturated carbocycles. The van der Waals surface area contributed by atoms with Gasteiger partial charge in [0.15, 0.2) is 23.0 Å². The minimum absolute atomic E-state index is 0.515. The number of para-hydroxylation sites is 4. The quantitative estimate of drug-likeness (QED) is 0.177. The summed E-state index contributed by atoms with van der Waals surface area (Å²) in [5.41, 5.74) is 16.9. The van der Waals surface area contributed by atoms with Crippen molar-refractivity contribution < 1.29 is 13.9 Å². The van der Waals surface area contributed by atoms with Crippen LogP contribution in [0.1, 0.15) is 22.3 Å². The second kappa shape index (κ2) is 13.1. The number of aromatic nitrogens is 1. The fourth-order valence-electron chi connectivity index (χ4n) is 11.7. The van der Waals surface area contributed by atoms with Gasteiger partial charge in [-0.1, -0.05) is 146 Å². The van der Waals surface area contributed by atoms with Gasteiger partial charge in [0, 0.05) is 44.5 Å². The van der Waals surface area contributed by atoms with Crippen LogP contribution in [0.15, 0.2) is 223 Å². The minimum atomic E-state index is -0.515. The monoisotopic (exact) mass is 844 g/mol. The molecule has 308 valence electrons. The first-order chi connectivity index (χ1) is 32.7. The summed E-state index contributed by atoms with van der Waals surface area (Å²) in [5, 5.41) is 4.58. The molecule has 2 aliphatic carbocycles. The van der Waals surface area contributed by atoms with Gasteiger partial charge in [-0.3, -0.25) is 0 Å². The first kappa shape index (κ1) is 35.6. The van der Waals surface area contributed by atoms with E-state index >= 15 is 0 Å². The van der Waals surface area contributed by atoms with E-state index in [4.69, 9.17) is 13.9 Å². The van der Waals surface area contributed by atoms with Gasteiger partial charge in [-0.15, -0.1) is 0 Å². The van der Waals surface area contributed by atoms with Crippen LogP contribution in [0.25, 0.3) is 71.7 Å². The van der Waals surface area contributed by atoms with Gasteiger partial charge in [0.25, 0.3) is 0 Å². The molecule has 1 aliphatic heterocycles. The summed E-state index contributed by atoms with van der Waals surface area (Å²) in [4.78, 5) is 2.28. The van der Waals surface area contributed by atoms with Gasteiger partial charge < -0.3 is 23.4 Å². The number of hydrogen-bond acceptors (Lipinski definition) is 4. The number of benzene rings is 10. The maximum Gasteiger partial charge on any atom is 0.194 e. The van der Waals surface area contributed by atoms with Crippen LogP contribution in [-0.2, 0) is 5.41 Å². The summed E-state index contributed by atoms with van der Waals surface area (Å²) in [6.07, 6.45) is 0. The molecule has 1 spiro atoms. The first-order valence-electron chi connectivity index (χ1n) is 22.5. The molecule has 2 aromatic heterocycles. The third-order valence-corrected chi connectivity index (χ3v) is 14.2. The van der Waals surface area contributed by atoms with Crippen molar-refractivity contribution in [2.75, 3.05) is 4.90 Å². The molecule has 0 radical (unpaired) electrons. The molecule has 3 heterocycles. The molecule has 0 bridgehead atoms. The summed E-state index contributed by atoms with van der Waals surface area (Å²) in [6.45, 7) is 0. The van der Waals surface area contributed by atoms with Crippen molar-refractivity contribution in [1.29, 1.82) is 0 Å². The summed E-state index contributed by atoms with van der Waals surface area (Å²) >= 11 is 0. The van der Waals surface area contributed by atoms with E-state index in [-0.39, 0.29) is 0 Å². The SMILES string of the molecule is c1cc(N(c2ccc3c(c2)oc2ccccc23)c2cccc3c2Oc2c(ccc4c2-c2ccccc2C42c4ccccc4-c4ccccc42)O3)cc(-n2c3ccccc3c3ccccc32)c1. The lowest BCUT2D eigenvalue weighted by Crippen LogP contribution is -2.25. The van der Waals surface area contributed by atoms with Crippen molar-refractivity contribution in [3.05, 3.63) is 241 Å². The Morgan fingerprint density at radius 3 is 1.73 bits per heavy atom. The molecule has 15 rings (SSSR count). The molecule has 0 N–H and O–H groups in total. The highest BCUT2D eigenvalue weighted by Gasteiger charge is 2.53. The maximum absolute atomic E-state index is 7.47. The Labute approximate surface area is 379 Å². The second-order valence-electron chi connectivity index (χ2n) is 17.5. The Morgan fingerprint density at radius 1 is 0.379 bits per heavy atom. The van der Waals surface area contributed by atoms with E-state index in [0.717, 1.165) is 66.8 Å². The molecule has 10 aromatic carbocycles. The Morgan fingerprint density at radius 2 is 0.970 bits per heavy atom. The van der Waals surface area contributed by atoms with E-state index in [9.17, 15) is 0 Å². The lowest BCUT2D eigenvalue weighted by Gasteiger charge is -2.32. The zero-order valence-electron chi connectivity index (χ0n) is 35.4. The molecular formula is C61H36N2O3. The predicted octanol–water partition coefficient (Wildman–Crippen LogP) is 16.4. The van der Waals surface area contributed by atoms with Crippen molar-refractivity contribution in [3.63, 3.8) is 0 Å². The van der Waals surface area contributed by atoms with Gasteiger partial charge in [0.2, 0.25) is 0 Å². The molecule has 0 fully saturated rings. The zero-order valence-corrected chi connectivity index (χ0v) is 35.4. The van der Waals surface area contributed by atoms with Crippen molar-refractivity contribution in [2.24, 2.45) is 0 Å². The fraction of sp³-hybridized carbons (Fsp3) is 0.0164. The fourth-order valence-corrected chi connectivity index (χ4v) is 11.7. The Bertz CT molecular complexity index is 3940. The number of fused-ring (bicyclic) bond motifs is 19. The van der Waals surface area contributed by atoms with E-state index < -0.39 is 5.41 Å². The lowest BCUT2D eigenvalue weighted by atomic mass is 9.70. The largest absolute Gasteiger partial charge is 0.456 e. The first-order valence-corrected chi connectivity index (χ1v) is 22.5. The molecule has 0 atom stereocenters. The molecule has 12 aromatic rings. The molecular weight excluding hydrogens is 809 g/mol. The van der Waals surface area contributed by atoms with Crippen molar-refractivity contribution in [1.82, 2.24) is 4.57 Å². The molecule has 0 amide bonds. The van der Waals surface area contributed by atoms with Crippen molar-refractivity contribution in [2.45, 2.75) is 5.41 Å². The summed E-state index contributed by atoms with van der Waals surface area (Å²) in [6, 6.07) is 77.9. The van der Waals surface area contributed by atoms with E-state index in [1.54, 1.807) is 0 Å². The van der Waals surface area contributed by atoms with Gasteiger partial charge in [0.05, 0.1) is 27.8 Å². The normalized spacial score (nSPS) is 13.5. The number of furan rings is 1. The van der Waals surface area contributed by atoms with Gasteiger partial charge in [-0.25, -0.2) is 0 Å². The van der Waals surface area contributed by atoms with Crippen LogP contribution >= 0.6 is 0 Å². The molecule has 5 heteroatoms. The van der Waals surface area contributed by atoms with E-state index in [1.165, 1.54) is 44.2 Å². The maximum atomic E-state index is 7.47. The highest BCUT2D eigenvalue weighted by Crippen LogP contribution is 2.67. The summed E-state index contributed by atoms with van der Waals surface area (Å²) < 4.78 is 23.4. The number of anilines is 3. The number of rotatable bonds is 4. The highest BCUT2D eigenvalue weighted by atomic mass is 16.6. The number of nitrogens with zero attached hydrogens (tertiary/aromatic N) is 2. The van der Waals surface area contributed by atoms with Gasteiger partial charge in [0.1, 0.15) is 11.2 Å². The Hall–Kier alpha value is -8.80. The van der Waals surface area contributed by atoms with E-state index in [1.807, 2.05) is 18.2 Å². The molecule has 0 unspecified atom stereocenters. The van der Waals surface area contributed by atoms with E-state index in [0.29, 0.717) is 23.0 Å². The average Bonchev–Trinajstić information content (AvgIpc) is 4.10. The molecule has 66 heavy (non-hydrogen) atoms. The highest BCUT2D eigenvalue weighted by molar-refractivity contribution is 6.10. The zero-order chi connectivity index (χ0) is 43.1. The number of ether oxygens (including phenoxy) is 2. The smallest absolute Gasteiger partial charge is 0.194 e. The Kier molecular flexibility index (Phi) is 7.09. The third kappa shape index (κ3) is 4.63. The summed E-state index contributed by atoms with van der Waals surface area (Å²) in [5.74, 6) is 2.68. The predicted molar refractivity (Wildman–Crippen MR) is 266 cm³/mol. The molecule has 5 nitrogen and oxygen atoms in total. The standard InChI is InChI=1S/C61H36N2O3/c1-7-23-47-40(17-1)41-18-2-8-24-48(41)61(47)49-25-9-3-22-46(49)58-50(61)33-34-56-60(58)66-59-53(28-14-30-55(59)65-56)62(39-31-32-45-44-21-6-12-29-54(44)64-57(45)36-39)37-15-13-16-38(35-37)63-51-26-10-4-19-42(51)43-20-5-11-27-52(43)63/h1-36H. The molecule has 0 saturated heterocycles. The average molecular weight is 845 g/mol. The van der Waals surface area contributed by atoms with Gasteiger partial charge in [-0.05, 0) is 106 Å².